The first-order chi connectivity index (χ1) is 11.2. The largest absolute Gasteiger partial charge is 0.491 e. The van der Waals surface area contributed by atoms with Crippen LogP contribution in [0.15, 0.2) is 48.5 Å². The van der Waals surface area contributed by atoms with Crippen molar-refractivity contribution in [3.8, 4) is 5.75 Å². The van der Waals surface area contributed by atoms with Crippen LogP contribution in [0.5, 0.6) is 5.75 Å². The number of hydrogen-bond acceptors (Lipinski definition) is 2. The molecule has 122 valence electrons. The summed E-state index contributed by atoms with van der Waals surface area (Å²) >= 11 is 0. The van der Waals surface area contributed by atoms with Gasteiger partial charge in [-0.1, -0.05) is 48.9 Å². The van der Waals surface area contributed by atoms with E-state index in [1.54, 1.807) is 0 Å². The average Bonchev–Trinajstić information content (AvgIpc) is 2.56. The van der Waals surface area contributed by atoms with Crippen molar-refractivity contribution in [3.63, 3.8) is 0 Å². The summed E-state index contributed by atoms with van der Waals surface area (Å²) in [4.78, 5) is 12.1. The molecule has 0 aromatic heterocycles. The highest BCUT2D eigenvalue weighted by atomic mass is 16.5. The van der Waals surface area contributed by atoms with E-state index >= 15 is 0 Å². The van der Waals surface area contributed by atoms with E-state index < -0.39 is 0 Å². The fourth-order valence-corrected chi connectivity index (χ4v) is 2.33. The molecular weight excluding hydrogens is 286 g/mol. The van der Waals surface area contributed by atoms with Crippen LogP contribution in [0.3, 0.4) is 0 Å². The lowest BCUT2D eigenvalue weighted by molar-refractivity contribution is -0.116. The minimum absolute atomic E-state index is 0.0321. The van der Waals surface area contributed by atoms with E-state index in [2.05, 4.69) is 43.4 Å². The molecule has 1 N–H and O–H groups in total. The van der Waals surface area contributed by atoms with Crippen molar-refractivity contribution < 1.29 is 9.53 Å². The van der Waals surface area contributed by atoms with Gasteiger partial charge in [0, 0.05) is 6.42 Å². The van der Waals surface area contributed by atoms with Crippen LogP contribution < -0.4 is 10.1 Å². The molecule has 0 aliphatic carbocycles. The van der Waals surface area contributed by atoms with E-state index in [0.717, 1.165) is 30.7 Å². The van der Waals surface area contributed by atoms with Crippen LogP contribution in [-0.4, -0.2) is 12.5 Å². The molecule has 0 bridgehead atoms. The van der Waals surface area contributed by atoms with Crippen LogP contribution in [0.25, 0.3) is 0 Å². The van der Waals surface area contributed by atoms with Crippen LogP contribution in [-0.2, 0) is 11.2 Å². The Morgan fingerprint density at radius 3 is 2.57 bits per heavy atom. The Morgan fingerprint density at radius 2 is 1.83 bits per heavy atom. The molecule has 3 heteroatoms. The predicted molar refractivity (Wildman–Crippen MR) is 95.0 cm³/mol. The zero-order valence-corrected chi connectivity index (χ0v) is 14.0. The van der Waals surface area contributed by atoms with Crippen molar-refractivity contribution >= 4 is 11.6 Å². The number of para-hydroxylation sites is 2. The summed E-state index contributed by atoms with van der Waals surface area (Å²) < 4.78 is 5.66. The van der Waals surface area contributed by atoms with E-state index in [4.69, 9.17) is 4.74 Å². The Morgan fingerprint density at radius 1 is 1.09 bits per heavy atom. The van der Waals surface area contributed by atoms with Gasteiger partial charge >= 0.3 is 0 Å². The third kappa shape index (κ3) is 5.78. The second kappa shape index (κ2) is 8.99. The molecule has 0 saturated heterocycles. The molecule has 0 heterocycles. The molecular formula is C20H25NO2. The monoisotopic (exact) mass is 311 g/mol. The van der Waals surface area contributed by atoms with Gasteiger partial charge in [0.2, 0.25) is 5.91 Å². The average molecular weight is 311 g/mol. The van der Waals surface area contributed by atoms with Gasteiger partial charge in [-0.15, -0.1) is 0 Å². The van der Waals surface area contributed by atoms with Crippen molar-refractivity contribution in [3.05, 3.63) is 59.7 Å². The third-order valence-corrected chi connectivity index (χ3v) is 3.61. The fourth-order valence-electron chi connectivity index (χ4n) is 2.33. The smallest absolute Gasteiger partial charge is 0.224 e. The first kappa shape index (κ1) is 17.1. The minimum Gasteiger partial charge on any atom is -0.491 e. The highest BCUT2D eigenvalue weighted by molar-refractivity contribution is 5.92. The Hall–Kier alpha value is -2.29. The standard InChI is InChI=1S/C20H25NO2/c1-3-15-23-19-9-5-4-8-18(19)21-20(22)10-6-7-17-13-11-16(2)12-14-17/h4-5,8-9,11-14H,3,6-7,10,15H2,1-2H3,(H,21,22). The number of aryl methyl sites for hydroxylation is 2. The van der Waals surface area contributed by atoms with E-state index in [-0.39, 0.29) is 5.91 Å². The molecule has 0 unspecified atom stereocenters. The first-order valence-electron chi connectivity index (χ1n) is 8.26. The van der Waals surface area contributed by atoms with Gasteiger partial charge in [0.05, 0.1) is 12.3 Å². The molecule has 0 atom stereocenters. The number of rotatable bonds is 8. The molecule has 3 nitrogen and oxygen atoms in total. The molecule has 0 saturated carbocycles. The summed E-state index contributed by atoms with van der Waals surface area (Å²) in [7, 11) is 0. The topological polar surface area (TPSA) is 38.3 Å². The van der Waals surface area contributed by atoms with Gasteiger partial charge in [0.25, 0.3) is 0 Å². The van der Waals surface area contributed by atoms with Gasteiger partial charge in [0.15, 0.2) is 0 Å². The van der Waals surface area contributed by atoms with Crippen molar-refractivity contribution in [1.29, 1.82) is 0 Å². The zero-order chi connectivity index (χ0) is 16.5. The van der Waals surface area contributed by atoms with E-state index in [1.165, 1.54) is 11.1 Å². The third-order valence-electron chi connectivity index (χ3n) is 3.61. The lowest BCUT2D eigenvalue weighted by Gasteiger charge is -2.12. The molecule has 0 fully saturated rings. The molecule has 0 aliphatic rings. The highest BCUT2D eigenvalue weighted by Crippen LogP contribution is 2.24. The van der Waals surface area contributed by atoms with Gasteiger partial charge in [-0.2, -0.15) is 0 Å². The number of carbonyl (C=O) groups is 1. The van der Waals surface area contributed by atoms with Crippen molar-refractivity contribution in [2.45, 2.75) is 39.5 Å². The molecule has 2 aromatic rings. The van der Waals surface area contributed by atoms with Crippen LogP contribution >= 0.6 is 0 Å². The number of amides is 1. The summed E-state index contributed by atoms with van der Waals surface area (Å²) in [6, 6.07) is 16.1. The SMILES string of the molecule is CCCOc1ccccc1NC(=O)CCCc1ccc(C)cc1. The molecule has 1 amide bonds. The summed E-state index contributed by atoms with van der Waals surface area (Å²) in [6.07, 6.45) is 3.21. The predicted octanol–water partition coefficient (Wildman–Crippen LogP) is 4.75. The Labute approximate surface area is 138 Å². The van der Waals surface area contributed by atoms with Gasteiger partial charge in [-0.25, -0.2) is 0 Å². The van der Waals surface area contributed by atoms with Gasteiger partial charge < -0.3 is 10.1 Å². The van der Waals surface area contributed by atoms with E-state index in [0.29, 0.717) is 13.0 Å². The Kier molecular flexibility index (Phi) is 6.67. The molecule has 2 rings (SSSR count). The van der Waals surface area contributed by atoms with Crippen molar-refractivity contribution in [1.82, 2.24) is 0 Å². The second-order valence-corrected chi connectivity index (χ2v) is 5.73. The molecule has 0 spiro atoms. The molecule has 23 heavy (non-hydrogen) atoms. The second-order valence-electron chi connectivity index (χ2n) is 5.73. The number of hydrogen-bond donors (Lipinski definition) is 1. The summed E-state index contributed by atoms with van der Waals surface area (Å²) in [5.74, 6) is 0.769. The Balaban J connectivity index is 1.81. The maximum Gasteiger partial charge on any atom is 0.224 e. The van der Waals surface area contributed by atoms with Gasteiger partial charge in [0.1, 0.15) is 5.75 Å². The van der Waals surface area contributed by atoms with Crippen molar-refractivity contribution in [2.24, 2.45) is 0 Å². The molecule has 0 aliphatic heterocycles. The Bertz CT molecular complexity index is 620. The molecule has 2 aromatic carbocycles. The van der Waals surface area contributed by atoms with Crippen molar-refractivity contribution in [2.75, 3.05) is 11.9 Å². The normalized spacial score (nSPS) is 10.3. The maximum atomic E-state index is 12.1. The van der Waals surface area contributed by atoms with Gasteiger partial charge in [-0.3, -0.25) is 4.79 Å². The number of ether oxygens (including phenoxy) is 1. The lowest BCUT2D eigenvalue weighted by Crippen LogP contribution is -2.12. The zero-order valence-electron chi connectivity index (χ0n) is 14.0. The number of anilines is 1. The summed E-state index contributed by atoms with van der Waals surface area (Å²) in [5.41, 5.74) is 3.28. The van der Waals surface area contributed by atoms with Crippen LogP contribution in [0.1, 0.15) is 37.3 Å². The maximum absolute atomic E-state index is 12.1. The van der Waals surface area contributed by atoms with E-state index in [1.807, 2.05) is 24.3 Å². The lowest BCUT2D eigenvalue weighted by atomic mass is 10.1. The number of carbonyl (C=O) groups excluding carboxylic acids is 1. The van der Waals surface area contributed by atoms with Crippen LogP contribution in [0.2, 0.25) is 0 Å². The first-order valence-corrected chi connectivity index (χ1v) is 8.26. The summed E-state index contributed by atoms with van der Waals surface area (Å²) in [5, 5.41) is 2.95. The fraction of sp³-hybridized carbons (Fsp3) is 0.350. The van der Waals surface area contributed by atoms with Gasteiger partial charge in [-0.05, 0) is 43.9 Å². The van der Waals surface area contributed by atoms with Crippen LogP contribution in [0.4, 0.5) is 5.69 Å². The quantitative estimate of drug-likeness (QED) is 0.764. The van der Waals surface area contributed by atoms with Crippen LogP contribution in [0, 0.1) is 6.92 Å². The number of nitrogens with one attached hydrogen (secondary N) is 1. The van der Waals surface area contributed by atoms with E-state index in [9.17, 15) is 4.79 Å². The summed E-state index contributed by atoms with van der Waals surface area (Å²) in [6.45, 7) is 4.79. The highest BCUT2D eigenvalue weighted by Gasteiger charge is 2.07. The molecule has 0 radical (unpaired) electrons. The number of benzene rings is 2. The minimum atomic E-state index is 0.0321.